The lowest BCUT2D eigenvalue weighted by Crippen LogP contribution is -2.57. The minimum absolute atomic E-state index is 0.0614. The Bertz CT molecular complexity index is 3110. The second-order valence-corrected chi connectivity index (χ2v) is 20.6. The molecule has 3 aliphatic rings. The van der Waals surface area contributed by atoms with Crippen molar-refractivity contribution in [2.24, 2.45) is 25.7 Å². The standard InChI is InChI=1S/C59H72N10O12/c1-8-26-80-59(76)69-45-32-49(48(77-7)31-43(45)57(75)68-25-11-9-14-44(68)58(69)81-51-16-10-12-27-79-51)78-28-13-15-50(70)62-42-30-47(67(6)34-42)55(73)64-39-19-17-37(18-20-39)38-29-46(66(5)33-38)54(72)65-41-23-21-40(22-24-41)63-53(71)36(4)61-56(74)52(60)35(2)3/h8,17-24,29-36,44,51-52,58H,1,9-16,25-28,60H2,2-7H3,(H,61,74)(H,62,70)(H,63,71)(H,64,73)(H,65,72)/t36-,44?,51?,52-,58?/m0/s1. The van der Waals surface area contributed by atoms with Gasteiger partial charge in [0, 0.05) is 74.8 Å². The number of methoxy groups -OCH3 is 1. The number of nitrogens with one attached hydrogen (secondary N) is 5. The van der Waals surface area contributed by atoms with Crippen LogP contribution in [0.15, 0.2) is 97.8 Å². The van der Waals surface area contributed by atoms with Gasteiger partial charge in [0.15, 0.2) is 24.0 Å². The Labute approximate surface area is 470 Å². The van der Waals surface area contributed by atoms with E-state index < -0.39 is 54.5 Å². The first-order chi connectivity index (χ1) is 38.9. The van der Waals surface area contributed by atoms with Crippen LogP contribution in [0.4, 0.5) is 33.2 Å². The Morgan fingerprint density at radius 1 is 0.765 bits per heavy atom. The summed E-state index contributed by atoms with van der Waals surface area (Å²) in [6.07, 6.45) is 7.74. The molecule has 0 saturated carbocycles. The van der Waals surface area contributed by atoms with E-state index in [0.29, 0.717) is 60.1 Å². The van der Waals surface area contributed by atoms with Crippen molar-refractivity contribution in [2.45, 2.75) is 103 Å². The fourth-order valence-corrected chi connectivity index (χ4v) is 9.84. The molecule has 7 N–H and O–H groups in total. The van der Waals surface area contributed by atoms with Crippen LogP contribution in [0.3, 0.4) is 0 Å². The molecule has 81 heavy (non-hydrogen) atoms. The number of rotatable bonds is 21. The van der Waals surface area contributed by atoms with E-state index in [4.69, 9.17) is 29.4 Å². The average molecular weight is 1110 g/mol. The molecule has 22 heteroatoms. The maximum atomic E-state index is 14.3. The predicted molar refractivity (Wildman–Crippen MR) is 305 cm³/mol. The molecule has 0 aliphatic carbocycles. The van der Waals surface area contributed by atoms with Crippen molar-refractivity contribution in [1.82, 2.24) is 19.4 Å². The van der Waals surface area contributed by atoms with Crippen LogP contribution in [-0.2, 0) is 42.7 Å². The molecule has 5 aromatic rings. The zero-order valence-corrected chi connectivity index (χ0v) is 46.6. The van der Waals surface area contributed by atoms with Crippen molar-refractivity contribution in [3.05, 3.63) is 115 Å². The number of nitrogens with zero attached hydrogens (tertiary/aromatic N) is 4. The highest BCUT2D eigenvalue weighted by molar-refractivity contribution is 6.07. The van der Waals surface area contributed by atoms with Gasteiger partial charge in [-0.15, -0.1) is 0 Å². The zero-order valence-electron chi connectivity index (χ0n) is 46.6. The van der Waals surface area contributed by atoms with Crippen molar-refractivity contribution >= 4 is 70.0 Å². The van der Waals surface area contributed by atoms with Crippen LogP contribution in [0.25, 0.3) is 11.1 Å². The normalized spacial score (nSPS) is 17.6. The Balaban J connectivity index is 0.836. The summed E-state index contributed by atoms with van der Waals surface area (Å²) < 4.78 is 33.4. The lowest BCUT2D eigenvalue weighted by atomic mass is 10.00. The number of fused-ring (bicyclic) bond motifs is 2. The van der Waals surface area contributed by atoms with Gasteiger partial charge in [-0.05, 0) is 118 Å². The highest BCUT2D eigenvalue weighted by Crippen LogP contribution is 2.42. The minimum atomic E-state index is -0.919. The van der Waals surface area contributed by atoms with Crippen molar-refractivity contribution in [1.29, 1.82) is 0 Å². The van der Waals surface area contributed by atoms with Gasteiger partial charge in [-0.25, -0.2) is 9.69 Å². The van der Waals surface area contributed by atoms with E-state index in [1.165, 1.54) is 18.1 Å². The number of carbonyl (C=O) groups is 7. The summed E-state index contributed by atoms with van der Waals surface area (Å²) in [6.45, 7) is 9.93. The molecule has 0 radical (unpaired) electrons. The number of carbonyl (C=O) groups excluding carboxylic acids is 7. The summed E-state index contributed by atoms with van der Waals surface area (Å²) in [5, 5.41) is 14.0. The number of hydrogen-bond acceptors (Lipinski definition) is 13. The molecule has 0 bridgehead atoms. The van der Waals surface area contributed by atoms with Gasteiger partial charge in [0.25, 0.3) is 17.7 Å². The van der Waals surface area contributed by atoms with Crippen LogP contribution in [0, 0.1) is 5.92 Å². The van der Waals surface area contributed by atoms with Gasteiger partial charge in [0.2, 0.25) is 17.7 Å². The largest absolute Gasteiger partial charge is 0.493 e. The number of hydrogen-bond donors (Lipinski definition) is 6. The zero-order chi connectivity index (χ0) is 57.9. The molecule has 2 saturated heterocycles. The van der Waals surface area contributed by atoms with E-state index in [1.54, 1.807) is 102 Å². The van der Waals surface area contributed by atoms with Crippen molar-refractivity contribution < 1.29 is 57.2 Å². The smallest absolute Gasteiger partial charge is 0.416 e. The van der Waals surface area contributed by atoms with E-state index in [2.05, 4.69) is 33.2 Å². The molecule has 0 spiro atoms. The lowest BCUT2D eigenvalue weighted by Gasteiger charge is -2.42. The number of nitrogens with two attached hydrogens (primary N) is 1. The number of amides is 7. The molecule has 2 aromatic heterocycles. The Morgan fingerprint density at radius 3 is 2.07 bits per heavy atom. The molecular weight excluding hydrogens is 1040 g/mol. The minimum Gasteiger partial charge on any atom is -0.493 e. The number of aryl methyl sites for hydroxylation is 2. The average Bonchev–Trinajstić information content (AvgIpc) is 4.22. The molecule has 3 unspecified atom stereocenters. The van der Waals surface area contributed by atoms with Crippen LogP contribution < -0.4 is 46.7 Å². The first-order valence-corrected chi connectivity index (χ1v) is 27.2. The van der Waals surface area contributed by atoms with Gasteiger partial charge in [-0.1, -0.05) is 38.6 Å². The number of anilines is 5. The molecule has 5 heterocycles. The maximum Gasteiger partial charge on any atom is 0.416 e. The highest BCUT2D eigenvalue weighted by Gasteiger charge is 2.47. The lowest BCUT2D eigenvalue weighted by molar-refractivity contribution is -0.198. The monoisotopic (exact) mass is 1110 g/mol. The molecule has 3 aromatic carbocycles. The van der Waals surface area contributed by atoms with Gasteiger partial charge in [-0.3, -0.25) is 28.8 Å². The topological polar surface area (TPSA) is 268 Å². The van der Waals surface area contributed by atoms with Gasteiger partial charge < -0.3 is 70.0 Å². The second-order valence-electron chi connectivity index (χ2n) is 20.6. The van der Waals surface area contributed by atoms with Crippen LogP contribution in [0.1, 0.15) is 103 Å². The predicted octanol–water partition coefficient (Wildman–Crippen LogP) is 7.77. The second kappa shape index (κ2) is 26.7. The van der Waals surface area contributed by atoms with Gasteiger partial charge in [-0.2, -0.15) is 0 Å². The van der Waals surface area contributed by atoms with Crippen LogP contribution in [0.5, 0.6) is 11.5 Å². The number of piperidine rings is 1. The van der Waals surface area contributed by atoms with E-state index in [1.807, 2.05) is 32.2 Å². The third kappa shape index (κ3) is 14.3. The fourth-order valence-electron chi connectivity index (χ4n) is 9.84. The van der Waals surface area contributed by atoms with Gasteiger partial charge >= 0.3 is 6.09 Å². The summed E-state index contributed by atoms with van der Waals surface area (Å²) >= 11 is 0. The molecule has 430 valence electrons. The summed E-state index contributed by atoms with van der Waals surface area (Å²) in [5.41, 5.74) is 10.5. The number of benzene rings is 3. The molecule has 2 fully saturated rings. The Morgan fingerprint density at radius 2 is 1.42 bits per heavy atom. The summed E-state index contributed by atoms with van der Waals surface area (Å²) in [7, 11) is 4.92. The summed E-state index contributed by atoms with van der Waals surface area (Å²) in [4.78, 5) is 96.6. The molecule has 8 rings (SSSR count). The van der Waals surface area contributed by atoms with Crippen molar-refractivity contribution in [3.63, 3.8) is 0 Å². The summed E-state index contributed by atoms with van der Waals surface area (Å²) in [5.74, 6) is -1.74. The third-order valence-corrected chi connectivity index (χ3v) is 14.3. The van der Waals surface area contributed by atoms with E-state index in [0.717, 1.165) is 36.8 Å². The first kappa shape index (κ1) is 58.7. The molecule has 3 aliphatic heterocycles. The SMILES string of the molecule is C=CCOC(=O)N1c2cc(OCCCC(=O)Nc3cc(C(=O)Nc4ccc(-c5cc(C(=O)Nc6ccc(NC(=O)[C@H](C)NC(=O)[C@@H](N)C(C)C)cc6)n(C)c5)cc4)n(C)c3)c(OC)cc2C(=O)N2CCCCC2C1OC1CCCCO1. The maximum absolute atomic E-state index is 14.3. The van der Waals surface area contributed by atoms with Crippen LogP contribution in [-0.4, -0.2) is 120 Å². The summed E-state index contributed by atoms with van der Waals surface area (Å²) in [6, 6.07) is 18.2. The molecule has 7 amide bonds. The third-order valence-electron chi connectivity index (χ3n) is 14.3. The number of aromatic nitrogens is 2. The fraction of sp³-hybridized carbons (Fsp3) is 0.407. The number of ether oxygens (including phenoxy) is 5. The highest BCUT2D eigenvalue weighted by atomic mass is 16.7. The molecule has 5 atom stereocenters. The Kier molecular flexibility index (Phi) is 19.3. The van der Waals surface area contributed by atoms with E-state index >= 15 is 0 Å². The molecular formula is C59H72N10O12. The first-order valence-electron chi connectivity index (χ1n) is 27.2. The van der Waals surface area contributed by atoms with Gasteiger partial charge in [0.1, 0.15) is 24.0 Å². The van der Waals surface area contributed by atoms with Gasteiger partial charge in [0.05, 0.1) is 42.7 Å². The van der Waals surface area contributed by atoms with Crippen molar-refractivity contribution in [3.8, 4) is 22.6 Å². The Hall–Kier alpha value is -8.47. The van der Waals surface area contributed by atoms with E-state index in [9.17, 15) is 33.6 Å². The molecule has 22 nitrogen and oxygen atoms in total. The van der Waals surface area contributed by atoms with Crippen LogP contribution in [0.2, 0.25) is 0 Å². The van der Waals surface area contributed by atoms with Crippen molar-refractivity contribution in [2.75, 3.05) is 59.6 Å². The van der Waals surface area contributed by atoms with Crippen LogP contribution >= 0.6 is 0 Å². The quantitative estimate of drug-likeness (QED) is 0.0303. The van der Waals surface area contributed by atoms with E-state index in [-0.39, 0.29) is 72.4 Å².